The van der Waals surface area contributed by atoms with Crippen LogP contribution in [0.1, 0.15) is 59.8 Å². The van der Waals surface area contributed by atoms with E-state index in [2.05, 4.69) is 32.6 Å². The van der Waals surface area contributed by atoms with Crippen LogP contribution in [0.3, 0.4) is 0 Å². The van der Waals surface area contributed by atoms with Crippen molar-refractivity contribution in [1.82, 2.24) is 4.90 Å². The van der Waals surface area contributed by atoms with Gasteiger partial charge in [0.1, 0.15) is 0 Å². The Balaban J connectivity index is 1.69. The van der Waals surface area contributed by atoms with Gasteiger partial charge in [0.2, 0.25) is 0 Å². The third-order valence-corrected chi connectivity index (χ3v) is 5.08. The Hall–Kier alpha value is -0.120. The maximum Gasteiger partial charge on any atom is 0.0900 e. The van der Waals surface area contributed by atoms with E-state index in [-0.39, 0.29) is 6.10 Å². The Morgan fingerprint density at radius 2 is 2.00 bits per heavy atom. The van der Waals surface area contributed by atoms with Crippen molar-refractivity contribution in [3.63, 3.8) is 0 Å². The molecule has 1 saturated heterocycles. The summed E-state index contributed by atoms with van der Waals surface area (Å²) in [6.45, 7) is 12.8. The smallest absolute Gasteiger partial charge is 0.0900 e. The first kappa shape index (κ1) is 17.2. The Bertz CT molecular complexity index is 318. The van der Waals surface area contributed by atoms with E-state index in [1.54, 1.807) is 0 Å². The number of aliphatic hydroxyl groups excluding tert-OH is 1. The van der Waals surface area contributed by atoms with Crippen LogP contribution in [0.15, 0.2) is 0 Å². The highest BCUT2D eigenvalue weighted by molar-refractivity contribution is 4.83. The van der Waals surface area contributed by atoms with Crippen molar-refractivity contribution in [2.24, 2.45) is 17.3 Å². The summed E-state index contributed by atoms with van der Waals surface area (Å²) in [6, 6.07) is 0. The molecule has 1 saturated carbocycles. The summed E-state index contributed by atoms with van der Waals surface area (Å²) in [5.74, 6) is 1.51. The van der Waals surface area contributed by atoms with E-state index in [4.69, 9.17) is 4.74 Å². The first-order valence-electron chi connectivity index (χ1n) is 8.86. The average Bonchev–Trinajstić information content (AvgIpc) is 2.34. The topological polar surface area (TPSA) is 32.7 Å². The summed E-state index contributed by atoms with van der Waals surface area (Å²) >= 11 is 0. The molecule has 1 heterocycles. The normalized spacial score (nSPS) is 35.6. The molecule has 0 unspecified atom stereocenters. The van der Waals surface area contributed by atoms with Gasteiger partial charge >= 0.3 is 0 Å². The van der Waals surface area contributed by atoms with Gasteiger partial charge < -0.3 is 14.7 Å². The molecule has 0 amide bonds. The highest BCUT2D eigenvalue weighted by Gasteiger charge is 2.32. The molecule has 4 atom stereocenters. The van der Waals surface area contributed by atoms with Gasteiger partial charge in [-0.15, -0.1) is 0 Å². The van der Waals surface area contributed by atoms with Gasteiger partial charge in [0.25, 0.3) is 0 Å². The summed E-state index contributed by atoms with van der Waals surface area (Å²) in [7, 11) is 0. The lowest BCUT2D eigenvalue weighted by atomic mass is 9.71. The van der Waals surface area contributed by atoms with Crippen LogP contribution in [0.2, 0.25) is 0 Å². The minimum Gasteiger partial charge on any atom is -0.389 e. The SMILES string of the molecule is C[C@H]1CCCN(C[C@H](O)CO[C@@H]2C[C@H](C)CC(C)(C)C2)C1. The van der Waals surface area contributed by atoms with Crippen LogP contribution >= 0.6 is 0 Å². The fraction of sp³-hybridized carbons (Fsp3) is 1.00. The first-order chi connectivity index (χ1) is 9.84. The maximum absolute atomic E-state index is 10.2. The van der Waals surface area contributed by atoms with Crippen molar-refractivity contribution in [2.45, 2.75) is 72.0 Å². The summed E-state index contributed by atoms with van der Waals surface area (Å²) in [4.78, 5) is 2.40. The Labute approximate surface area is 131 Å². The second-order valence-electron chi connectivity index (χ2n) is 8.53. The van der Waals surface area contributed by atoms with Crippen LogP contribution in [0.5, 0.6) is 0 Å². The number of nitrogens with zero attached hydrogens (tertiary/aromatic N) is 1. The molecule has 0 radical (unpaired) electrons. The zero-order valence-electron chi connectivity index (χ0n) is 14.5. The van der Waals surface area contributed by atoms with E-state index in [1.165, 1.54) is 19.3 Å². The molecule has 0 aromatic rings. The molecule has 0 aromatic heterocycles. The number of hydrogen-bond donors (Lipinski definition) is 1. The van der Waals surface area contributed by atoms with Gasteiger partial charge in [-0.05, 0) is 55.9 Å². The van der Waals surface area contributed by atoms with Gasteiger partial charge in [-0.2, -0.15) is 0 Å². The molecular weight excluding hydrogens is 262 g/mol. The fourth-order valence-electron chi connectivity index (χ4n) is 4.44. The van der Waals surface area contributed by atoms with Crippen molar-refractivity contribution in [3.8, 4) is 0 Å². The molecule has 0 spiro atoms. The maximum atomic E-state index is 10.2. The van der Waals surface area contributed by atoms with Crippen molar-refractivity contribution < 1.29 is 9.84 Å². The number of ether oxygens (including phenoxy) is 1. The second-order valence-corrected chi connectivity index (χ2v) is 8.53. The quantitative estimate of drug-likeness (QED) is 0.845. The number of hydrogen-bond acceptors (Lipinski definition) is 3. The molecular formula is C18H35NO2. The lowest BCUT2D eigenvalue weighted by Gasteiger charge is -2.39. The molecule has 124 valence electrons. The third kappa shape index (κ3) is 5.88. The van der Waals surface area contributed by atoms with Gasteiger partial charge in [0, 0.05) is 13.1 Å². The fourth-order valence-corrected chi connectivity index (χ4v) is 4.44. The zero-order valence-corrected chi connectivity index (χ0v) is 14.5. The van der Waals surface area contributed by atoms with E-state index in [0.717, 1.165) is 44.3 Å². The van der Waals surface area contributed by atoms with Crippen LogP contribution in [0, 0.1) is 17.3 Å². The monoisotopic (exact) mass is 297 g/mol. The van der Waals surface area contributed by atoms with Gasteiger partial charge in [0.05, 0.1) is 18.8 Å². The first-order valence-corrected chi connectivity index (χ1v) is 8.86. The lowest BCUT2D eigenvalue weighted by molar-refractivity contribution is -0.0630. The lowest BCUT2D eigenvalue weighted by Crippen LogP contribution is -2.42. The van der Waals surface area contributed by atoms with Crippen LogP contribution in [-0.4, -0.2) is 48.5 Å². The number of piperidine rings is 1. The van der Waals surface area contributed by atoms with Gasteiger partial charge in [-0.25, -0.2) is 0 Å². The molecule has 21 heavy (non-hydrogen) atoms. The van der Waals surface area contributed by atoms with Crippen LogP contribution in [0.4, 0.5) is 0 Å². The Kier molecular flexibility index (Phi) is 6.10. The number of rotatable bonds is 5. The van der Waals surface area contributed by atoms with Gasteiger partial charge in [-0.1, -0.05) is 27.7 Å². The summed E-state index contributed by atoms with van der Waals surface area (Å²) in [6.07, 6.45) is 6.17. The van der Waals surface area contributed by atoms with E-state index in [0.29, 0.717) is 18.1 Å². The van der Waals surface area contributed by atoms with E-state index in [9.17, 15) is 5.11 Å². The molecule has 2 rings (SSSR count). The molecule has 3 heteroatoms. The standard InChI is InChI=1S/C18H35NO2/c1-14-6-5-7-19(11-14)12-16(20)13-21-17-8-15(2)9-18(3,4)10-17/h14-17,20H,5-13H2,1-4H3/t14-,15-,16-,17+/m0/s1. The molecule has 2 aliphatic rings. The van der Waals surface area contributed by atoms with E-state index < -0.39 is 0 Å². The van der Waals surface area contributed by atoms with E-state index in [1.807, 2.05) is 0 Å². The Morgan fingerprint density at radius 3 is 2.67 bits per heavy atom. The molecule has 2 fully saturated rings. The second kappa shape index (κ2) is 7.43. The minimum atomic E-state index is -0.337. The van der Waals surface area contributed by atoms with Gasteiger partial charge in [0.15, 0.2) is 0 Å². The third-order valence-electron chi connectivity index (χ3n) is 5.08. The van der Waals surface area contributed by atoms with Crippen molar-refractivity contribution >= 4 is 0 Å². The number of aliphatic hydroxyl groups is 1. The highest BCUT2D eigenvalue weighted by Crippen LogP contribution is 2.39. The van der Waals surface area contributed by atoms with Gasteiger partial charge in [-0.3, -0.25) is 0 Å². The molecule has 1 aliphatic carbocycles. The molecule has 3 nitrogen and oxygen atoms in total. The number of likely N-dealkylation sites (tertiary alicyclic amines) is 1. The molecule has 1 aliphatic heterocycles. The van der Waals surface area contributed by atoms with Crippen LogP contribution < -0.4 is 0 Å². The summed E-state index contributed by atoms with van der Waals surface area (Å²) in [5.41, 5.74) is 0.385. The van der Waals surface area contributed by atoms with Crippen LogP contribution in [-0.2, 0) is 4.74 Å². The summed E-state index contributed by atoms with van der Waals surface area (Å²) < 4.78 is 6.04. The van der Waals surface area contributed by atoms with Crippen molar-refractivity contribution in [2.75, 3.05) is 26.2 Å². The van der Waals surface area contributed by atoms with Crippen molar-refractivity contribution in [1.29, 1.82) is 0 Å². The zero-order chi connectivity index (χ0) is 15.5. The minimum absolute atomic E-state index is 0.332. The van der Waals surface area contributed by atoms with Crippen molar-refractivity contribution in [3.05, 3.63) is 0 Å². The number of β-amino-alcohol motifs (C(OH)–C–C–N with tert-alkyl or cyclic N) is 1. The molecule has 0 bridgehead atoms. The largest absolute Gasteiger partial charge is 0.389 e. The molecule has 0 aromatic carbocycles. The van der Waals surface area contributed by atoms with Crippen LogP contribution in [0.25, 0.3) is 0 Å². The van der Waals surface area contributed by atoms with E-state index >= 15 is 0 Å². The summed E-state index contributed by atoms with van der Waals surface area (Å²) in [5, 5.41) is 10.2. The highest BCUT2D eigenvalue weighted by atomic mass is 16.5. The predicted molar refractivity (Wildman–Crippen MR) is 87.4 cm³/mol. The predicted octanol–water partition coefficient (Wildman–Crippen LogP) is 3.31. The molecule has 1 N–H and O–H groups in total. The average molecular weight is 297 g/mol. The Morgan fingerprint density at radius 1 is 1.24 bits per heavy atom.